The average Bonchev–Trinajstić information content (AvgIpc) is 4.14. The Balaban J connectivity index is -0.000000206. The molecule has 0 aromatic rings. The van der Waals surface area contributed by atoms with E-state index in [2.05, 4.69) is 154 Å². The second-order valence-electron chi connectivity index (χ2n) is 32.4. The van der Waals surface area contributed by atoms with Gasteiger partial charge in [0.05, 0.1) is 0 Å². The van der Waals surface area contributed by atoms with Crippen LogP contribution < -0.4 is 0 Å². The second-order valence-corrected chi connectivity index (χ2v) is 32.4. The fraction of sp³-hybridized carbons (Fsp3) is 1.00. The third-order valence-corrected chi connectivity index (χ3v) is 16.2. The van der Waals surface area contributed by atoms with E-state index in [9.17, 15) is 0 Å². The Morgan fingerprint density at radius 1 is 0.185 bits per heavy atom. The van der Waals surface area contributed by atoms with Crippen LogP contribution in [0.2, 0.25) is 0 Å². The summed E-state index contributed by atoms with van der Waals surface area (Å²) in [4.78, 5) is 15.6. The van der Waals surface area contributed by atoms with Crippen molar-refractivity contribution in [1.82, 2.24) is 29.4 Å². The average molecular weight is 1150 g/mol. The van der Waals surface area contributed by atoms with Gasteiger partial charge in [0.25, 0.3) is 0 Å². The fourth-order valence-electron chi connectivity index (χ4n) is 11.5. The van der Waals surface area contributed by atoms with Crippen molar-refractivity contribution in [3.8, 4) is 0 Å². The van der Waals surface area contributed by atoms with Gasteiger partial charge in [-0.15, -0.1) is 0 Å². The summed E-state index contributed by atoms with van der Waals surface area (Å²) in [6.07, 6.45) is 38.1. The van der Waals surface area contributed by atoms with Gasteiger partial charge in [-0.05, 0) is 279 Å². The smallest absolute Gasteiger partial charge is 0.00300 e. The topological polar surface area (TPSA) is 19.4 Å². The number of likely N-dealkylation sites (tertiary alicyclic amines) is 6. The van der Waals surface area contributed by atoms with Gasteiger partial charge in [0.1, 0.15) is 0 Å². The predicted molar refractivity (Wildman–Crippen MR) is 380 cm³/mol. The fourth-order valence-corrected chi connectivity index (χ4v) is 11.5. The molecule has 6 aliphatic rings. The van der Waals surface area contributed by atoms with Crippen molar-refractivity contribution in [3.05, 3.63) is 0 Å². The molecule has 81 heavy (non-hydrogen) atoms. The second kappa shape index (κ2) is 50.7. The van der Waals surface area contributed by atoms with Gasteiger partial charge in [0, 0.05) is 6.54 Å². The highest BCUT2D eigenvalue weighted by molar-refractivity contribution is 4.75. The summed E-state index contributed by atoms with van der Waals surface area (Å²) < 4.78 is 0. The lowest BCUT2D eigenvalue weighted by molar-refractivity contribution is 0.227. The van der Waals surface area contributed by atoms with Crippen LogP contribution in [-0.4, -0.2) is 147 Å². The Morgan fingerprint density at radius 3 is 0.630 bits per heavy atom. The molecule has 0 unspecified atom stereocenters. The van der Waals surface area contributed by atoms with Crippen LogP contribution >= 0.6 is 0 Å². The van der Waals surface area contributed by atoms with Gasteiger partial charge in [-0.1, -0.05) is 208 Å². The van der Waals surface area contributed by atoms with E-state index in [4.69, 9.17) is 0 Å². The van der Waals surface area contributed by atoms with Gasteiger partial charge < -0.3 is 29.4 Å². The van der Waals surface area contributed by atoms with Crippen molar-refractivity contribution in [2.45, 2.75) is 343 Å². The van der Waals surface area contributed by atoms with E-state index in [-0.39, 0.29) is 44.6 Å². The predicted octanol–water partition coefficient (Wildman–Crippen LogP) is 22.4. The maximum absolute atomic E-state index is 2.63. The minimum Gasteiger partial charge on any atom is -0.303 e. The van der Waals surface area contributed by atoms with E-state index in [1.165, 1.54) is 291 Å². The van der Waals surface area contributed by atoms with E-state index < -0.39 is 0 Å². The minimum atomic E-state index is 0. The molecule has 0 amide bonds. The maximum atomic E-state index is 2.63. The van der Waals surface area contributed by atoms with Crippen LogP contribution in [0.25, 0.3) is 0 Å². The Labute approximate surface area is 519 Å². The molecule has 0 bridgehead atoms. The molecule has 6 aliphatic heterocycles. The van der Waals surface area contributed by atoms with Crippen molar-refractivity contribution in [2.75, 3.05) is 118 Å². The van der Waals surface area contributed by atoms with Crippen molar-refractivity contribution in [3.63, 3.8) is 0 Å². The van der Waals surface area contributed by atoms with Crippen molar-refractivity contribution in [2.24, 2.45) is 32.5 Å². The van der Waals surface area contributed by atoms with Crippen LogP contribution in [0.15, 0.2) is 0 Å². The molecule has 0 N–H and O–H groups in total. The maximum Gasteiger partial charge on any atom is 0.00300 e. The van der Waals surface area contributed by atoms with Crippen LogP contribution in [-0.2, 0) is 0 Å². The first kappa shape index (κ1) is 91.9. The first-order valence-electron chi connectivity index (χ1n) is 33.3. The summed E-state index contributed by atoms with van der Waals surface area (Å²) in [5.74, 6) is 0. The van der Waals surface area contributed by atoms with Crippen LogP contribution in [0.4, 0.5) is 0 Å². The SMILES string of the molecule is C.C.C.C.C.C.CC(C)(C)CCCCCCN1CCCC1.CC(C)(C)CCCCCN1CCCC1.CC(C)(C)CCCCN1CCCC1.CC(C)(C)CCCN1CCCC1.CC(C)(C)CCN1CCCC1.CC(C)(C)CN1CCCC1. The Bertz CT molecular complexity index is 1250. The molecule has 6 fully saturated rings. The first-order chi connectivity index (χ1) is 35.0. The number of rotatable bonds is 21. The highest BCUT2D eigenvalue weighted by atomic mass is 15.2. The Kier molecular flexibility index (Phi) is 57.6. The quantitative estimate of drug-likeness (QED) is 0.106. The van der Waals surface area contributed by atoms with Gasteiger partial charge in [-0.2, -0.15) is 0 Å². The van der Waals surface area contributed by atoms with Crippen LogP contribution in [0.3, 0.4) is 0 Å². The molecule has 6 saturated heterocycles. The Hall–Kier alpha value is -0.240. The van der Waals surface area contributed by atoms with Gasteiger partial charge >= 0.3 is 0 Å². The summed E-state index contributed by atoms with van der Waals surface area (Å²) in [7, 11) is 0. The van der Waals surface area contributed by atoms with Crippen LogP contribution in [0, 0.1) is 32.5 Å². The van der Waals surface area contributed by atoms with E-state index in [0.717, 1.165) is 0 Å². The van der Waals surface area contributed by atoms with Crippen molar-refractivity contribution in [1.29, 1.82) is 0 Å². The molecule has 0 aliphatic carbocycles. The third kappa shape index (κ3) is 64.1. The third-order valence-electron chi connectivity index (χ3n) is 16.2. The number of nitrogens with zero attached hydrogens (tertiary/aromatic N) is 6. The molecule has 0 radical (unpaired) electrons. The number of unbranched alkanes of at least 4 members (excludes halogenated alkanes) is 6. The van der Waals surface area contributed by atoms with E-state index in [1.807, 2.05) is 0 Å². The largest absolute Gasteiger partial charge is 0.303 e. The monoisotopic (exact) mass is 1150 g/mol. The minimum absolute atomic E-state index is 0. The zero-order valence-corrected chi connectivity index (χ0v) is 55.5. The standard InChI is InChI=1S/C14H29N.C13H27N.C12H25N.C11H23N.C10H21N.C9H19N.6CH4/c1-14(2,3)10-6-4-5-7-11-15-12-8-9-13-15;1-13(2,3)9-5-4-6-10-14-11-7-8-12-14;1-12(2,3)8-4-5-9-13-10-6-7-11-13;1-11(2,3)7-6-10-12-8-4-5-9-12;1-10(2,3)6-9-11-7-4-5-8-11;1-9(2,3)8-10-6-4-5-7-10;;;;;;/h4-13H2,1-3H3;4-12H2,1-3H3;4-11H2,1-3H3;4-10H2,1-3H3;4-9H2,1-3H3;4-8H2,1-3H3;6*1H4. The number of hydrogen-bond acceptors (Lipinski definition) is 6. The van der Waals surface area contributed by atoms with Crippen LogP contribution in [0.1, 0.15) is 343 Å². The molecule has 0 aromatic carbocycles. The van der Waals surface area contributed by atoms with E-state index >= 15 is 0 Å². The zero-order valence-electron chi connectivity index (χ0n) is 55.5. The lowest BCUT2D eigenvalue weighted by atomic mass is 9.89. The highest BCUT2D eigenvalue weighted by Gasteiger charge is 2.20. The molecule has 0 atom stereocenters. The molecule has 6 rings (SSSR count). The van der Waals surface area contributed by atoms with Crippen LogP contribution in [0.5, 0.6) is 0 Å². The van der Waals surface area contributed by atoms with Crippen molar-refractivity contribution < 1.29 is 0 Å². The lowest BCUT2D eigenvalue weighted by Gasteiger charge is -2.25. The highest BCUT2D eigenvalue weighted by Crippen LogP contribution is 2.26. The Morgan fingerprint density at radius 2 is 0.370 bits per heavy atom. The molecule has 0 spiro atoms. The normalized spacial score (nSPS) is 18.4. The summed E-state index contributed by atoms with van der Waals surface area (Å²) in [6, 6.07) is 0. The molecule has 6 heteroatoms. The first-order valence-corrected chi connectivity index (χ1v) is 33.3. The molecule has 0 aromatic heterocycles. The lowest BCUT2D eigenvalue weighted by Crippen LogP contribution is -2.29. The summed E-state index contributed by atoms with van der Waals surface area (Å²) in [6.45, 7) is 66.1. The summed E-state index contributed by atoms with van der Waals surface area (Å²) in [5.41, 5.74) is 3.14. The molecule has 6 nitrogen and oxygen atoms in total. The number of hydrogen-bond donors (Lipinski definition) is 0. The van der Waals surface area contributed by atoms with Gasteiger partial charge in [-0.3, -0.25) is 0 Å². The van der Waals surface area contributed by atoms with E-state index in [0.29, 0.717) is 32.5 Å². The van der Waals surface area contributed by atoms with E-state index in [1.54, 1.807) is 0 Å². The molecule has 498 valence electrons. The van der Waals surface area contributed by atoms with Gasteiger partial charge in [0.15, 0.2) is 0 Å². The van der Waals surface area contributed by atoms with Gasteiger partial charge in [0.2, 0.25) is 0 Å². The zero-order chi connectivity index (χ0) is 56.3. The molecular formula is C75H168N6. The van der Waals surface area contributed by atoms with Gasteiger partial charge in [-0.25, -0.2) is 0 Å². The molecular weight excluding hydrogens is 985 g/mol. The molecule has 6 heterocycles. The molecule has 0 saturated carbocycles. The summed E-state index contributed by atoms with van der Waals surface area (Å²) in [5, 5.41) is 0. The van der Waals surface area contributed by atoms with Crippen molar-refractivity contribution >= 4 is 0 Å². The summed E-state index contributed by atoms with van der Waals surface area (Å²) >= 11 is 0.